The Labute approximate surface area is 114 Å². The molecule has 0 saturated heterocycles. The Bertz CT molecular complexity index is 368. The molecule has 0 aliphatic heterocycles. The average Bonchev–Trinajstić information content (AvgIpc) is 2.65. The monoisotopic (exact) mass is 268 g/mol. The lowest BCUT2D eigenvalue weighted by Crippen LogP contribution is -2.35. The van der Waals surface area contributed by atoms with Crippen molar-refractivity contribution in [3.8, 4) is 0 Å². The zero-order chi connectivity index (χ0) is 13.8. The lowest BCUT2D eigenvalue weighted by atomic mass is 9.87. The normalized spacial score (nSPS) is 15.2. The number of amides is 1. The van der Waals surface area contributed by atoms with Gasteiger partial charge in [0.15, 0.2) is 0 Å². The van der Waals surface area contributed by atoms with Crippen molar-refractivity contribution in [2.45, 2.75) is 52.6 Å². The molecule has 1 aromatic heterocycles. The Morgan fingerprint density at radius 1 is 1.50 bits per heavy atom. The molecule has 0 saturated carbocycles. The van der Waals surface area contributed by atoms with Gasteiger partial charge in [-0.05, 0) is 30.2 Å². The van der Waals surface area contributed by atoms with Gasteiger partial charge < -0.3 is 11.1 Å². The molecule has 1 amide bonds. The largest absolute Gasteiger partial charge is 0.349 e. The average molecular weight is 268 g/mol. The molecule has 0 bridgehead atoms. The van der Waals surface area contributed by atoms with Gasteiger partial charge in [-0.1, -0.05) is 26.8 Å². The van der Waals surface area contributed by atoms with E-state index in [1.165, 1.54) is 4.88 Å². The van der Waals surface area contributed by atoms with Crippen LogP contribution in [-0.2, 0) is 4.79 Å². The lowest BCUT2D eigenvalue weighted by molar-refractivity contribution is -0.122. The highest BCUT2D eigenvalue weighted by Gasteiger charge is 2.19. The van der Waals surface area contributed by atoms with Crippen molar-refractivity contribution >= 4 is 17.2 Å². The Morgan fingerprint density at radius 3 is 2.67 bits per heavy atom. The summed E-state index contributed by atoms with van der Waals surface area (Å²) in [4.78, 5) is 13.0. The summed E-state index contributed by atoms with van der Waals surface area (Å²) in [5.74, 6) is 0.0349. The lowest BCUT2D eigenvalue weighted by Gasteiger charge is -2.23. The highest BCUT2D eigenvalue weighted by atomic mass is 32.1. The Hall–Kier alpha value is -0.870. The van der Waals surface area contributed by atoms with Crippen molar-refractivity contribution in [2.24, 2.45) is 11.1 Å². The van der Waals surface area contributed by atoms with Gasteiger partial charge >= 0.3 is 0 Å². The van der Waals surface area contributed by atoms with Crippen molar-refractivity contribution in [1.29, 1.82) is 0 Å². The van der Waals surface area contributed by atoms with Gasteiger partial charge in [0.05, 0.1) is 6.04 Å². The van der Waals surface area contributed by atoms with Crippen LogP contribution in [0.4, 0.5) is 0 Å². The minimum absolute atomic E-state index is 0.0349. The molecule has 102 valence electrons. The smallest absolute Gasteiger partial charge is 0.222 e. The molecule has 0 aliphatic carbocycles. The number of hydrogen-bond acceptors (Lipinski definition) is 3. The minimum Gasteiger partial charge on any atom is -0.349 e. The molecule has 18 heavy (non-hydrogen) atoms. The first-order valence-corrected chi connectivity index (χ1v) is 7.24. The Kier molecular flexibility index (Phi) is 5.35. The molecule has 0 aromatic carbocycles. The number of hydrogen-bond donors (Lipinski definition) is 2. The van der Waals surface area contributed by atoms with Crippen LogP contribution < -0.4 is 11.1 Å². The predicted molar refractivity (Wildman–Crippen MR) is 77.5 cm³/mol. The van der Waals surface area contributed by atoms with Gasteiger partial charge in [0.1, 0.15) is 0 Å². The predicted octanol–water partition coefficient (Wildman–Crippen LogP) is 3.08. The van der Waals surface area contributed by atoms with Crippen LogP contribution in [0.2, 0.25) is 0 Å². The van der Waals surface area contributed by atoms with E-state index in [4.69, 9.17) is 5.73 Å². The fraction of sp³-hybridized carbons (Fsp3) is 0.643. The standard InChI is InChI=1S/C14H24N2OS/c1-10(12-6-5-7-18-12)16-13(17)8-11(15)9-14(2,3)4/h5-7,10-11H,8-9,15H2,1-4H3,(H,16,17). The number of carbonyl (C=O) groups is 1. The molecule has 2 unspecified atom stereocenters. The Morgan fingerprint density at radius 2 is 2.17 bits per heavy atom. The van der Waals surface area contributed by atoms with Crippen molar-refractivity contribution in [2.75, 3.05) is 0 Å². The first-order valence-electron chi connectivity index (χ1n) is 6.36. The third kappa shape index (κ3) is 5.65. The van der Waals surface area contributed by atoms with E-state index in [1.54, 1.807) is 11.3 Å². The highest BCUT2D eigenvalue weighted by Crippen LogP contribution is 2.22. The quantitative estimate of drug-likeness (QED) is 0.862. The van der Waals surface area contributed by atoms with E-state index in [-0.39, 0.29) is 23.4 Å². The van der Waals surface area contributed by atoms with Crippen LogP contribution in [0.3, 0.4) is 0 Å². The molecule has 0 aliphatic rings. The SMILES string of the molecule is CC(NC(=O)CC(N)CC(C)(C)C)c1cccs1. The molecule has 3 N–H and O–H groups in total. The van der Waals surface area contributed by atoms with Crippen molar-refractivity contribution in [3.63, 3.8) is 0 Å². The second-order valence-corrected chi connectivity index (χ2v) is 7.01. The van der Waals surface area contributed by atoms with Crippen LogP contribution in [-0.4, -0.2) is 11.9 Å². The van der Waals surface area contributed by atoms with E-state index in [1.807, 2.05) is 24.4 Å². The summed E-state index contributed by atoms with van der Waals surface area (Å²) in [5, 5.41) is 5.01. The van der Waals surface area contributed by atoms with Gasteiger partial charge in [0.25, 0.3) is 0 Å². The van der Waals surface area contributed by atoms with Crippen molar-refractivity contribution < 1.29 is 4.79 Å². The number of rotatable bonds is 5. The summed E-state index contributed by atoms with van der Waals surface area (Å²) < 4.78 is 0. The van der Waals surface area contributed by atoms with Crippen LogP contribution in [0, 0.1) is 5.41 Å². The van der Waals surface area contributed by atoms with Gasteiger partial charge in [-0.3, -0.25) is 4.79 Å². The van der Waals surface area contributed by atoms with Gasteiger partial charge in [-0.2, -0.15) is 0 Å². The molecule has 0 fully saturated rings. The molecule has 1 aromatic rings. The zero-order valence-corrected chi connectivity index (χ0v) is 12.5. The first-order chi connectivity index (χ1) is 8.28. The topological polar surface area (TPSA) is 55.1 Å². The van der Waals surface area contributed by atoms with Crippen LogP contribution in [0.25, 0.3) is 0 Å². The molecule has 4 heteroatoms. The third-order valence-corrected chi connectivity index (χ3v) is 3.72. The molecule has 0 radical (unpaired) electrons. The number of nitrogens with one attached hydrogen (secondary N) is 1. The first kappa shape index (κ1) is 15.2. The third-order valence-electron chi connectivity index (χ3n) is 2.67. The minimum atomic E-state index is -0.0689. The maximum Gasteiger partial charge on any atom is 0.222 e. The molecular formula is C14H24N2OS. The fourth-order valence-electron chi connectivity index (χ4n) is 2.01. The summed E-state index contributed by atoms with van der Waals surface area (Å²) in [7, 11) is 0. The second kappa shape index (κ2) is 6.34. The van der Waals surface area contributed by atoms with E-state index in [0.29, 0.717) is 6.42 Å². The maximum absolute atomic E-state index is 11.9. The number of carbonyl (C=O) groups excluding carboxylic acids is 1. The second-order valence-electron chi connectivity index (χ2n) is 6.03. The Balaban J connectivity index is 2.38. The van der Waals surface area contributed by atoms with Crippen molar-refractivity contribution in [3.05, 3.63) is 22.4 Å². The van der Waals surface area contributed by atoms with E-state index < -0.39 is 0 Å². The van der Waals surface area contributed by atoms with Crippen LogP contribution in [0.15, 0.2) is 17.5 Å². The summed E-state index contributed by atoms with van der Waals surface area (Å²) in [6.07, 6.45) is 1.25. The van der Waals surface area contributed by atoms with Crippen molar-refractivity contribution in [1.82, 2.24) is 5.32 Å². The van der Waals surface area contributed by atoms with E-state index in [2.05, 4.69) is 26.1 Å². The van der Waals surface area contributed by atoms with Gasteiger partial charge in [-0.15, -0.1) is 11.3 Å². The molecule has 2 atom stereocenters. The maximum atomic E-state index is 11.9. The molecular weight excluding hydrogens is 244 g/mol. The summed E-state index contributed by atoms with van der Waals surface area (Å²) in [5.41, 5.74) is 6.16. The molecule has 1 rings (SSSR count). The number of thiophene rings is 1. The van der Waals surface area contributed by atoms with Crippen LogP contribution >= 0.6 is 11.3 Å². The zero-order valence-electron chi connectivity index (χ0n) is 11.7. The molecule has 0 spiro atoms. The summed E-state index contributed by atoms with van der Waals surface area (Å²) in [6, 6.07) is 4.03. The van der Waals surface area contributed by atoms with E-state index in [9.17, 15) is 4.79 Å². The van der Waals surface area contributed by atoms with Gasteiger partial charge in [0, 0.05) is 17.3 Å². The summed E-state index contributed by atoms with van der Waals surface area (Å²) >= 11 is 1.66. The summed E-state index contributed by atoms with van der Waals surface area (Å²) in [6.45, 7) is 8.41. The van der Waals surface area contributed by atoms with Gasteiger partial charge in [-0.25, -0.2) is 0 Å². The van der Waals surface area contributed by atoms with Crippen LogP contribution in [0.5, 0.6) is 0 Å². The fourth-order valence-corrected chi connectivity index (χ4v) is 2.74. The molecule has 1 heterocycles. The van der Waals surface area contributed by atoms with E-state index in [0.717, 1.165) is 6.42 Å². The van der Waals surface area contributed by atoms with E-state index >= 15 is 0 Å². The molecule has 3 nitrogen and oxygen atoms in total. The van der Waals surface area contributed by atoms with Gasteiger partial charge in [0.2, 0.25) is 5.91 Å². The number of nitrogens with two attached hydrogens (primary N) is 1. The van der Waals surface area contributed by atoms with Crippen LogP contribution in [0.1, 0.15) is 51.5 Å². The highest BCUT2D eigenvalue weighted by molar-refractivity contribution is 7.10.